The molecule has 2 fully saturated rings. The van der Waals surface area contributed by atoms with Crippen LogP contribution in [0.3, 0.4) is 0 Å². The van der Waals surface area contributed by atoms with E-state index >= 15 is 0 Å². The Bertz CT molecular complexity index is 1670. The van der Waals surface area contributed by atoms with E-state index in [9.17, 15) is 4.79 Å². The number of nitrogens with one attached hydrogen (secondary N) is 1. The Morgan fingerprint density at radius 3 is 2.05 bits per heavy atom. The minimum atomic E-state index is -2.78. The van der Waals surface area contributed by atoms with Crippen LogP contribution in [0.4, 0.5) is 4.79 Å². The van der Waals surface area contributed by atoms with Crippen LogP contribution in [0, 0.1) is 20.8 Å². The number of ether oxygens (including phenoxy) is 6. The van der Waals surface area contributed by atoms with Crippen molar-refractivity contribution in [3.8, 4) is 17.2 Å². The number of carbonyl (C=O) groups excluding carboxylic acids is 1. The maximum absolute atomic E-state index is 12.7. The van der Waals surface area contributed by atoms with Gasteiger partial charge in [0.2, 0.25) is 0 Å². The topological polar surface area (TPSA) is 119 Å². The van der Waals surface area contributed by atoms with Gasteiger partial charge < -0.3 is 47.0 Å². The second-order valence-electron chi connectivity index (χ2n) is 13.9. The number of benzene rings is 3. The van der Waals surface area contributed by atoms with Crippen LogP contribution < -0.4 is 19.5 Å². The van der Waals surface area contributed by atoms with E-state index < -0.39 is 21.0 Å². The number of halogens is 1. The number of aryl methyl sites for hydroxylation is 1. The molecule has 3 atom stereocenters. The van der Waals surface area contributed by atoms with Gasteiger partial charge in [-0.25, -0.2) is 4.79 Å². The number of amides is 1. The van der Waals surface area contributed by atoms with Crippen molar-refractivity contribution in [2.75, 3.05) is 65.3 Å². The average Bonchev–Trinajstić information content (AvgIpc) is 4.11. The first-order chi connectivity index (χ1) is 26.6. The van der Waals surface area contributed by atoms with Crippen LogP contribution in [0.5, 0.6) is 17.2 Å². The van der Waals surface area contributed by atoms with Gasteiger partial charge in [0, 0.05) is 32.4 Å². The van der Waals surface area contributed by atoms with Gasteiger partial charge in [-0.15, -0.1) is 11.6 Å². The lowest BCUT2D eigenvalue weighted by Crippen LogP contribution is -2.46. The molecule has 0 saturated carbocycles. The maximum atomic E-state index is 12.7. The molecule has 1 N–H and O–H groups in total. The number of alkyl carbamates (subject to hydrolysis) is 1. The minimum Gasteiger partial charge on any atom is -0.491 e. The normalized spacial score (nSPS) is 16.7. The number of carbonyl (C=O) groups is 1. The summed E-state index contributed by atoms with van der Waals surface area (Å²) >= 11 is 6.22. The third kappa shape index (κ3) is 13.4. The molecule has 55 heavy (non-hydrogen) atoms. The monoisotopic (exact) mass is 799 g/mol. The van der Waals surface area contributed by atoms with Crippen molar-refractivity contribution in [1.82, 2.24) is 5.32 Å². The van der Waals surface area contributed by atoms with E-state index in [1.54, 1.807) is 0 Å². The van der Waals surface area contributed by atoms with Gasteiger partial charge >= 0.3 is 14.9 Å². The second kappa shape index (κ2) is 21.2. The average molecular weight is 800 g/mol. The summed E-state index contributed by atoms with van der Waals surface area (Å²) in [6.07, 6.45) is 1.18. The van der Waals surface area contributed by atoms with Gasteiger partial charge in [-0.3, -0.25) is 0 Å². The second-order valence-corrected chi connectivity index (χ2v) is 17.0. The first kappa shape index (κ1) is 42.8. The lowest BCUT2D eigenvalue weighted by atomic mass is 9.93. The SMILES string of the molecule is CCO[Si](CCCNC(=O)O[C@@H](CCl)COc1cccc(Cc2cc(Cc3ccc(C)c(OCC4CO4)c3)c(C)c(OCC3CO3)c2)c1C)(OCC)OCC. The van der Waals surface area contributed by atoms with E-state index in [4.69, 9.17) is 53.3 Å². The summed E-state index contributed by atoms with van der Waals surface area (Å²) in [5, 5.41) is 2.81. The van der Waals surface area contributed by atoms with Crippen molar-refractivity contribution < 1.29 is 46.5 Å². The predicted molar refractivity (Wildman–Crippen MR) is 214 cm³/mol. The largest absolute Gasteiger partial charge is 0.500 e. The highest BCUT2D eigenvalue weighted by Gasteiger charge is 2.39. The molecule has 0 spiro atoms. The van der Waals surface area contributed by atoms with Gasteiger partial charge in [-0.2, -0.15) is 0 Å². The molecule has 13 heteroatoms. The van der Waals surface area contributed by atoms with Crippen molar-refractivity contribution >= 4 is 26.5 Å². The Hall–Kier alpha value is -3.36. The number of epoxide rings is 2. The number of rotatable bonds is 25. The van der Waals surface area contributed by atoms with Crippen molar-refractivity contribution in [3.05, 3.63) is 87.5 Å². The zero-order chi connectivity index (χ0) is 39.2. The molecule has 2 aliphatic rings. The molecule has 0 bridgehead atoms. The molecule has 11 nitrogen and oxygen atoms in total. The summed E-state index contributed by atoms with van der Waals surface area (Å²) in [5.41, 5.74) is 7.81. The fourth-order valence-corrected chi connectivity index (χ4v) is 9.04. The van der Waals surface area contributed by atoms with E-state index in [-0.39, 0.29) is 24.7 Å². The molecule has 1 amide bonds. The lowest BCUT2D eigenvalue weighted by Gasteiger charge is -2.28. The highest BCUT2D eigenvalue weighted by Crippen LogP contribution is 2.32. The van der Waals surface area contributed by atoms with Gasteiger partial charge in [0.25, 0.3) is 0 Å². The molecule has 2 saturated heterocycles. The van der Waals surface area contributed by atoms with E-state index in [2.05, 4.69) is 55.6 Å². The molecule has 0 radical (unpaired) electrons. The summed E-state index contributed by atoms with van der Waals surface area (Å²) < 4.78 is 52.7. The summed E-state index contributed by atoms with van der Waals surface area (Å²) in [6, 6.07) is 17.4. The van der Waals surface area contributed by atoms with Crippen LogP contribution in [0.2, 0.25) is 6.04 Å². The van der Waals surface area contributed by atoms with Gasteiger partial charge in [0.15, 0.2) is 6.10 Å². The molecule has 2 heterocycles. The van der Waals surface area contributed by atoms with Gasteiger partial charge in [-0.1, -0.05) is 30.3 Å². The molecule has 0 aliphatic carbocycles. The van der Waals surface area contributed by atoms with Crippen LogP contribution in [-0.2, 0) is 40.3 Å². The van der Waals surface area contributed by atoms with Gasteiger partial charge in [-0.05, 0) is 118 Å². The summed E-state index contributed by atoms with van der Waals surface area (Å²) in [7, 11) is -2.78. The van der Waals surface area contributed by atoms with Crippen LogP contribution in [0.15, 0.2) is 48.5 Å². The Morgan fingerprint density at radius 2 is 1.42 bits per heavy atom. The van der Waals surface area contributed by atoms with E-state index in [1.807, 2.05) is 39.8 Å². The zero-order valence-electron chi connectivity index (χ0n) is 33.2. The zero-order valence-corrected chi connectivity index (χ0v) is 35.0. The smallest absolute Gasteiger partial charge is 0.491 e. The molecule has 2 aliphatic heterocycles. The van der Waals surface area contributed by atoms with Crippen LogP contribution >= 0.6 is 11.6 Å². The van der Waals surface area contributed by atoms with Crippen molar-refractivity contribution in [1.29, 1.82) is 0 Å². The molecule has 3 aromatic carbocycles. The van der Waals surface area contributed by atoms with E-state index in [1.165, 1.54) is 11.1 Å². The van der Waals surface area contributed by atoms with E-state index in [0.29, 0.717) is 64.2 Å². The molecule has 5 rings (SSSR count). The maximum Gasteiger partial charge on any atom is 0.500 e. The first-order valence-corrected chi connectivity index (χ1v) is 22.0. The Kier molecular flexibility index (Phi) is 16.5. The number of hydrogen-bond donors (Lipinski definition) is 1. The van der Waals surface area contributed by atoms with Crippen molar-refractivity contribution in [3.63, 3.8) is 0 Å². The fraction of sp³-hybridized carbons (Fsp3) is 0.548. The van der Waals surface area contributed by atoms with Gasteiger partial charge in [0.1, 0.15) is 49.3 Å². The standard InChI is InChI=1S/C42H58ClNO10Si/c1-7-51-55(52-8-2,53-9-3)17-11-16-44-42(45)54-36(23-43)24-48-39-13-10-12-34(30(39)5)19-33-20-35(31(6)41(22-33)50-28-38-26-47-38)18-32-15-14-29(4)40(21-32)49-27-37-25-46-37/h10,12-15,20-22,36-38H,7-9,11,16-19,23-28H2,1-6H3,(H,44,45)/t36-,37?,38?/m0/s1. The van der Waals surface area contributed by atoms with Crippen molar-refractivity contribution in [2.45, 2.75) is 85.2 Å². The van der Waals surface area contributed by atoms with Crippen LogP contribution in [0.1, 0.15) is 66.1 Å². The Balaban J connectivity index is 1.20. The molecular weight excluding hydrogens is 742 g/mol. The minimum absolute atomic E-state index is 0.0888. The quantitative estimate of drug-likeness (QED) is 0.0400. The number of alkyl halides is 1. The highest BCUT2D eigenvalue weighted by molar-refractivity contribution is 6.60. The van der Waals surface area contributed by atoms with Gasteiger partial charge in [0.05, 0.1) is 19.1 Å². The third-order valence-electron chi connectivity index (χ3n) is 9.51. The molecule has 2 unspecified atom stereocenters. The summed E-state index contributed by atoms with van der Waals surface area (Å²) in [5.74, 6) is 2.55. The Morgan fingerprint density at radius 1 is 0.800 bits per heavy atom. The van der Waals surface area contributed by atoms with E-state index in [0.717, 1.165) is 59.0 Å². The number of hydrogen-bond acceptors (Lipinski definition) is 10. The molecule has 3 aromatic rings. The first-order valence-electron chi connectivity index (χ1n) is 19.5. The molecule has 0 aromatic heterocycles. The highest BCUT2D eigenvalue weighted by atomic mass is 35.5. The Labute approximate surface area is 332 Å². The third-order valence-corrected chi connectivity index (χ3v) is 13.0. The molecule has 302 valence electrons. The fourth-order valence-electron chi connectivity index (χ4n) is 6.28. The van der Waals surface area contributed by atoms with Crippen molar-refractivity contribution in [2.24, 2.45) is 0 Å². The molecular formula is C42H58ClNO10Si. The predicted octanol–water partition coefficient (Wildman–Crippen LogP) is 7.50. The lowest BCUT2D eigenvalue weighted by molar-refractivity contribution is 0.0691. The summed E-state index contributed by atoms with van der Waals surface area (Å²) in [4.78, 5) is 12.7. The van der Waals surface area contributed by atoms with Crippen LogP contribution in [-0.4, -0.2) is 98.5 Å². The van der Waals surface area contributed by atoms with Crippen LogP contribution in [0.25, 0.3) is 0 Å². The summed E-state index contributed by atoms with van der Waals surface area (Å²) in [6.45, 7) is 16.6.